The minimum Gasteiger partial charge on any atom is -0.394 e. The van der Waals surface area contributed by atoms with Crippen molar-refractivity contribution >= 4 is 5.91 Å². The molecule has 0 bridgehead atoms. The first-order valence-electron chi connectivity index (χ1n) is 21.9. The lowest BCUT2D eigenvalue weighted by molar-refractivity contribution is -0.302. The molecule has 0 aromatic heterocycles. The number of rotatable bonds is 36. The van der Waals surface area contributed by atoms with Crippen molar-refractivity contribution in [1.82, 2.24) is 5.32 Å². The van der Waals surface area contributed by atoms with E-state index in [1.807, 2.05) is 6.08 Å². The van der Waals surface area contributed by atoms with Crippen LogP contribution < -0.4 is 5.32 Å². The molecule has 1 aliphatic heterocycles. The van der Waals surface area contributed by atoms with E-state index in [0.29, 0.717) is 6.42 Å². The van der Waals surface area contributed by atoms with Crippen LogP contribution in [0.25, 0.3) is 0 Å². The van der Waals surface area contributed by atoms with Crippen molar-refractivity contribution in [2.45, 2.75) is 243 Å². The van der Waals surface area contributed by atoms with E-state index in [1.165, 1.54) is 141 Å². The molecule has 1 amide bonds. The molecule has 1 fully saturated rings. The number of carbonyl (C=O) groups excluding carboxylic acids is 1. The fraction of sp³-hybridized carbons (Fsp3) is 0.930. The number of amides is 1. The Morgan fingerprint density at radius 2 is 1.06 bits per heavy atom. The Kier molecular flexibility index (Phi) is 32.4. The standard InChI is InChI=1S/C43H83NO8/c1-3-5-7-9-11-13-15-17-18-19-20-21-23-25-27-29-31-33-39(47)44-36(35-51-43-42(50)41(49)40(48)38(34-45)52-43)37(46)32-30-28-26-24-22-16-14-12-10-8-6-4-2/h30,32,36-38,40-43,45-46,48-50H,3-29,31,33-35H2,1-2H3,(H,44,47)/b32-30+/t36-,37+,38+,40+,41?,42?,43+/m0/s1. The zero-order valence-corrected chi connectivity index (χ0v) is 33.6. The second kappa shape index (κ2) is 34.4. The highest BCUT2D eigenvalue weighted by molar-refractivity contribution is 5.76. The highest BCUT2D eigenvalue weighted by Crippen LogP contribution is 2.22. The molecule has 1 aliphatic rings. The molecule has 2 unspecified atom stereocenters. The molecular weight excluding hydrogens is 658 g/mol. The molecular formula is C43H83NO8. The fourth-order valence-corrected chi connectivity index (χ4v) is 7.04. The summed E-state index contributed by atoms with van der Waals surface area (Å²) in [7, 11) is 0. The van der Waals surface area contributed by atoms with E-state index in [0.717, 1.165) is 38.5 Å². The van der Waals surface area contributed by atoms with Gasteiger partial charge in [0.1, 0.15) is 24.4 Å². The molecule has 6 N–H and O–H groups in total. The van der Waals surface area contributed by atoms with Gasteiger partial charge in [0.2, 0.25) is 5.91 Å². The smallest absolute Gasteiger partial charge is 0.220 e. The summed E-state index contributed by atoms with van der Waals surface area (Å²) in [6.45, 7) is 3.77. The summed E-state index contributed by atoms with van der Waals surface area (Å²) in [5.74, 6) is -0.175. The summed E-state index contributed by atoms with van der Waals surface area (Å²) in [6, 6.07) is -0.797. The first kappa shape index (κ1) is 48.9. The molecule has 0 saturated carbocycles. The van der Waals surface area contributed by atoms with Gasteiger partial charge in [0.05, 0.1) is 25.4 Å². The Labute approximate surface area is 318 Å². The zero-order chi connectivity index (χ0) is 38.1. The maximum absolute atomic E-state index is 12.9. The fourth-order valence-electron chi connectivity index (χ4n) is 7.04. The Balaban J connectivity index is 2.36. The van der Waals surface area contributed by atoms with E-state index in [1.54, 1.807) is 6.08 Å². The highest BCUT2D eigenvalue weighted by atomic mass is 16.7. The Hall–Kier alpha value is -1.07. The lowest BCUT2D eigenvalue weighted by Crippen LogP contribution is -2.60. The van der Waals surface area contributed by atoms with Gasteiger partial charge in [-0.15, -0.1) is 0 Å². The quantitative estimate of drug-likeness (QED) is 0.0277. The summed E-state index contributed by atoms with van der Waals surface area (Å²) in [5.41, 5.74) is 0. The van der Waals surface area contributed by atoms with Crippen LogP contribution in [0.4, 0.5) is 0 Å². The summed E-state index contributed by atoms with van der Waals surface area (Å²) < 4.78 is 11.2. The molecule has 0 aromatic rings. The average Bonchev–Trinajstić information content (AvgIpc) is 3.14. The predicted molar refractivity (Wildman–Crippen MR) is 212 cm³/mol. The summed E-state index contributed by atoms with van der Waals surface area (Å²) in [4.78, 5) is 12.9. The SMILES string of the molecule is CCCCCCCCCCCC/C=C/[C@@H](O)[C@H](CO[C@@H]1O[C@H](CO)[C@@H](O)C(O)C1O)NC(=O)CCCCCCCCCCCCCCCCCCC. The van der Waals surface area contributed by atoms with E-state index in [-0.39, 0.29) is 12.5 Å². The Morgan fingerprint density at radius 3 is 1.50 bits per heavy atom. The molecule has 308 valence electrons. The minimum absolute atomic E-state index is 0.175. The van der Waals surface area contributed by atoms with Crippen molar-refractivity contribution in [3.8, 4) is 0 Å². The molecule has 0 radical (unpaired) electrons. The monoisotopic (exact) mass is 742 g/mol. The molecule has 52 heavy (non-hydrogen) atoms. The van der Waals surface area contributed by atoms with E-state index in [2.05, 4.69) is 19.2 Å². The van der Waals surface area contributed by atoms with Crippen LogP contribution in [-0.4, -0.2) is 87.5 Å². The summed E-state index contributed by atoms with van der Waals surface area (Å²) in [5, 5.41) is 54.0. The molecule has 0 spiro atoms. The van der Waals surface area contributed by atoms with Gasteiger partial charge in [0.25, 0.3) is 0 Å². The van der Waals surface area contributed by atoms with Crippen LogP contribution in [0.15, 0.2) is 12.2 Å². The van der Waals surface area contributed by atoms with Crippen molar-refractivity contribution in [1.29, 1.82) is 0 Å². The molecule has 1 saturated heterocycles. The van der Waals surface area contributed by atoms with E-state index in [4.69, 9.17) is 9.47 Å². The largest absolute Gasteiger partial charge is 0.394 e. The molecule has 1 rings (SSSR count). The van der Waals surface area contributed by atoms with Gasteiger partial charge in [-0.3, -0.25) is 4.79 Å². The number of carbonyl (C=O) groups is 1. The van der Waals surface area contributed by atoms with Crippen LogP contribution in [0.1, 0.15) is 200 Å². The van der Waals surface area contributed by atoms with E-state index in [9.17, 15) is 30.3 Å². The minimum atomic E-state index is -1.56. The number of allylic oxidation sites excluding steroid dienone is 1. The van der Waals surface area contributed by atoms with Crippen molar-refractivity contribution in [3.05, 3.63) is 12.2 Å². The zero-order valence-electron chi connectivity index (χ0n) is 33.6. The number of hydrogen-bond acceptors (Lipinski definition) is 8. The Bertz CT molecular complexity index is 827. The highest BCUT2D eigenvalue weighted by Gasteiger charge is 2.44. The van der Waals surface area contributed by atoms with Crippen LogP contribution in [0, 0.1) is 0 Å². The van der Waals surface area contributed by atoms with Crippen molar-refractivity contribution in [2.75, 3.05) is 13.2 Å². The third kappa shape index (κ3) is 25.1. The third-order valence-corrected chi connectivity index (χ3v) is 10.6. The van der Waals surface area contributed by atoms with Gasteiger partial charge in [-0.25, -0.2) is 0 Å². The third-order valence-electron chi connectivity index (χ3n) is 10.6. The number of hydrogen-bond donors (Lipinski definition) is 6. The second-order valence-corrected chi connectivity index (χ2v) is 15.5. The Morgan fingerprint density at radius 1 is 0.635 bits per heavy atom. The van der Waals surface area contributed by atoms with Gasteiger partial charge in [0, 0.05) is 6.42 Å². The van der Waals surface area contributed by atoms with Gasteiger partial charge >= 0.3 is 0 Å². The lowest BCUT2D eigenvalue weighted by atomic mass is 9.99. The molecule has 0 aromatic carbocycles. The molecule has 9 nitrogen and oxygen atoms in total. The first-order valence-corrected chi connectivity index (χ1v) is 21.9. The van der Waals surface area contributed by atoms with Crippen molar-refractivity contribution < 1.29 is 39.8 Å². The topological polar surface area (TPSA) is 149 Å². The van der Waals surface area contributed by atoms with E-state index >= 15 is 0 Å². The van der Waals surface area contributed by atoms with Crippen LogP contribution in [0.3, 0.4) is 0 Å². The summed E-state index contributed by atoms with van der Waals surface area (Å²) >= 11 is 0. The molecule has 7 atom stereocenters. The number of nitrogens with one attached hydrogen (secondary N) is 1. The second-order valence-electron chi connectivity index (χ2n) is 15.5. The maximum Gasteiger partial charge on any atom is 0.220 e. The van der Waals surface area contributed by atoms with Gasteiger partial charge in [-0.1, -0.05) is 187 Å². The normalized spacial score (nSPS) is 21.9. The number of aliphatic hydroxyl groups excluding tert-OH is 5. The predicted octanol–water partition coefficient (Wildman–Crippen LogP) is 8.56. The van der Waals surface area contributed by atoms with Crippen molar-refractivity contribution in [2.24, 2.45) is 0 Å². The van der Waals surface area contributed by atoms with Crippen LogP contribution in [0.2, 0.25) is 0 Å². The number of unbranched alkanes of at least 4 members (excludes halogenated alkanes) is 26. The van der Waals surface area contributed by atoms with Gasteiger partial charge in [-0.2, -0.15) is 0 Å². The van der Waals surface area contributed by atoms with Gasteiger partial charge in [0.15, 0.2) is 6.29 Å². The molecule has 9 heteroatoms. The number of aliphatic hydroxyl groups is 5. The lowest BCUT2D eigenvalue weighted by Gasteiger charge is -2.40. The van der Waals surface area contributed by atoms with Crippen LogP contribution >= 0.6 is 0 Å². The first-order chi connectivity index (χ1) is 25.3. The molecule has 0 aliphatic carbocycles. The van der Waals surface area contributed by atoms with E-state index < -0.39 is 49.5 Å². The molecule has 1 heterocycles. The van der Waals surface area contributed by atoms with Crippen LogP contribution in [0.5, 0.6) is 0 Å². The maximum atomic E-state index is 12.9. The van der Waals surface area contributed by atoms with Crippen LogP contribution in [-0.2, 0) is 14.3 Å². The average molecular weight is 742 g/mol. The number of ether oxygens (including phenoxy) is 2. The summed E-state index contributed by atoms with van der Waals surface area (Å²) in [6.07, 6.45) is 31.1. The van der Waals surface area contributed by atoms with Gasteiger partial charge < -0.3 is 40.3 Å². The van der Waals surface area contributed by atoms with Crippen molar-refractivity contribution in [3.63, 3.8) is 0 Å². The van der Waals surface area contributed by atoms with Gasteiger partial charge in [-0.05, 0) is 19.3 Å².